The van der Waals surface area contributed by atoms with Crippen LogP contribution in [0.5, 0.6) is 11.5 Å². The van der Waals surface area contributed by atoms with Crippen molar-refractivity contribution < 1.29 is 19.1 Å². The van der Waals surface area contributed by atoms with Crippen LogP contribution in [0.1, 0.15) is 48.5 Å². The summed E-state index contributed by atoms with van der Waals surface area (Å²) in [5.41, 5.74) is 5.92. The van der Waals surface area contributed by atoms with Crippen molar-refractivity contribution in [3.8, 4) is 11.5 Å². The van der Waals surface area contributed by atoms with Gasteiger partial charge < -0.3 is 9.47 Å². The molecule has 2 rings (SSSR count). The average Bonchev–Trinajstić information content (AvgIpc) is 2.73. The molecule has 0 unspecified atom stereocenters. The lowest BCUT2D eigenvalue weighted by molar-refractivity contribution is -0.123. The van der Waals surface area contributed by atoms with Crippen molar-refractivity contribution in [2.75, 3.05) is 13.2 Å². The van der Waals surface area contributed by atoms with Gasteiger partial charge in [0.2, 0.25) is 0 Å². The number of ether oxygens (including phenoxy) is 2. The molecule has 2 N–H and O–H groups in total. The molecule has 2 amide bonds. The van der Waals surface area contributed by atoms with Gasteiger partial charge >= 0.3 is 0 Å². The van der Waals surface area contributed by atoms with Crippen LogP contribution in [-0.4, -0.2) is 25.0 Å². The Kier molecular flexibility index (Phi) is 9.97. The third kappa shape index (κ3) is 7.88. The first-order valence-corrected chi connectivity index (χ1v) is 11.0. The number of carbonyl (C=O) groups is 2. The van der Waals surface area contributed by atoms with E-state index >= 15 is 0 Å². The fourth-order valence-corrected chi connectivity index (χ4v) is 3.08. The molecule has 0 spiro atoms. The number of hydrogen-bond donors (Lipinski definition) is 2. The van der Waals surface area contributed by atoms with Crippen LogP contribution >= 0.6 is 27.5 Å². The Labute approximate surface area is 190 Å². The molecule has 8 heteroatoms. The molecule has 2 aromatic rings. The molecular formula is C22H26BrClN2O4. The van der Waals surface area contributed by atoms with Gasteiger partial charge in [0.15, 0.2) is 6.61 Å². The Balaban J connectivity index is 1.86. The maximum atomic E-state index is 12.5. The number of amides is 2. The zero-order valence-electron chi connectivity index (χ0n) is 17.1. The van der Waals surface area contributed by atoms with E-state index in [0.29, 0.717) is 28.7 Å². The van der Waals surface area contributed by atoms with E-state index in [4.69, 9.17) is 21.1 Å². The second-order valence-electron chi connectivity index (χ2n) is 6.75. The van der Waals surface area contributed by atoms with Crippen LogP contribution in [-0.2, 0) is 4.79 Å². The van der Waals surface area contributed by atoms with Gasteiger partial charge in [0.05, 0.1) is 12.2 Å². The number of benzene rings is 2. The summed E-state index contributed by atoms with van der Waals surface area (Å²) < 4.78 is 11.9. The summed E-state index contributed by atoms with van der Waals surface area (Å²) in [6, 6.07) is 10.3. The quantitative estimate of drug-likeness (QED) is 0.349. The minimum absolute atomic E-state index is 0.249. The number of aryl methyl sites for hydroxylation is 1. The summed E-state index contributed by atoms with van der Waals surface area (Å²) in [7, 11) is 0. The fraction of sp³-hybridized carbons (Fsp3) is 0.364. The number of nitrogens with one attached hydrogen (secondary N) is 2. The van der Waals surface area contributed by atoms with Crippen LogP contribution in [0.2, 0.25) is 5.02 Å². The molecule has 0 heterocycles. The smallest absolute Gasteiger partial charge is 0.276 e. The SMILES string of the molecule is CCCCCCOc1ccc(Br)cc1C(=O)NNC(=O)COc1ccc(Cl)c(C)c1. The van der Waals surface area contributed by atoms with E-state index in [1.54, 1.807) is 36.4 Å². The van der Waals surface area contributed by atoms with E-state index in [1.807, 2.05) is 6.92 Å². The molecule has 0 saturated heterocycles. The highest BCUT2D eigenvalue weighted by atomic mass is 79.9. The molecule has 0 atom stereocenters. The van der Waals surface area contributed by atoms with E-state index in [-0.39, 0.29) is 6.61 Å². The van der Waals surface area contributed by atoms with Crippen molar-refractivity contribution in [1.29, 1.82) is 0 Å². The molecule has 2 aromatic carbocycles. The van der Waals surface area contributed by atoms with Gasteiger partial charge in [-0.3, -0.25) is 20.4 Å². The van der Waals surface area contributed by atoms with E-state index in [0.717, 1.165) is 35.7 Å². The predicted molar refractivity (Wildman–Crippen MR) is 121 cm³/mol. The number of halogens is 2. The molecule has 0 aromatic heterocycles. The zero-order chi connectivity index (χ0) is 21.9. The predicted octanol–water partition coefficient (Wildman–Crippen LogP) is 5.21. The van der Waals surface area contributed by atoms with Crippen molar-refractivity contribution in [3.05, 3.63) is 57.0 Å². The van der Waals surface area contributed by atoms with Crippen molar-refractivity contribution >= 4 is 39.3 Å². The van der Waals surface area contributed by atoms with E-state index in [9.17, 15) is 9.59 Å². The number of hydrogen-bond acceptors (Lipinski definition) is 4. The van der Waals surface area contributed by atoms with Crippen LogP contribution < -0.4 is 20.3 Å². The summed E-state index contributed by atoms with van der Waals surface area (Å²) >= 11 is 9.32. The van der Waals surface area contributed by atoms with E-state index in [1.165, 1.54) is 0 Å². The maximum absolute atomic E-state index is 12.5. The molecule has 30 heavy (non-hydrogen) atoms. The van der Waals surface area contributed by atoms with Crippen molar-refractivity contribution in [3.63, 3.8) is 0 Å². The minimum Gasteiger partial charge on any atom is -0.493 e. The van der Waals surface area contributed by atoms with Gasteiger partial charge in [-0.25, -0.2) is 0 Å². The Morgan fingerprint density at radius 1 is 1.03 bits per heavy atom. The molecule has 0 saturated carbocycles. The van der Waals surface area contributed by atoms with Crippen molar-refractivity contribution in [2.45, 2.75) is 39.5 Å². The molecule has 0 fully saturated rings. The van der Waals surface area contributed by atoms with Crippen LogP contribution in [0.25, 0.3) is 0 Å². The first-order chi connectivity index (χ1) is 14.4. The number of hydrazine groups is 1. The van der Waals surface area contributed by atoms with Crippen LogP contribution in [0, 0.1) is 6.92 Å². The normalized spacial score (nSPS) is 10.4. The number of carbonyl (C=O) groups excluding carboxylic acids is 2. The molecular weight excluding hydrogens is 472 g/mol. The van der Waals surface area contributed by atoms with Crippen molar-refractivity contribution in [2.24, 2.45) is 0 Å². The lowest BCUT2D eigenvalue weighted by Crippen LogP contribution is -2.44. The van der Waals surface area contributed by atoms with Crippen LogP contribution in [0.15, 0.2) is 40.9 Å². The Morgan fingerprint density at radius 3 is 2.57 bits per heavy atom. The molecule has 0 aliphatic heterocycles. The van der Waals surface area contributed by atoms with Crippen molar-refractivity contribution in [1.82, 2.24) is 10.9 Å². The summed E-state index contributed by atoms with van der Waals surface area (Å²) in [5.74, 6) is 0.0157. The Bertz CT molecular complexity index is 876. The molecule has 0 aliphatic rings. The largest absolute Gasteiger partial charge is 0.493 e. The van der Waals surface area contributed by atoms with Gasteiger partial charge in [-0.2, -0.15) is 0 Å². The summed E-state index contributed by atoms with van der Waals surface area (Å²) in [4.78, 5) is 24.5. The van der Waals surface area contributed by atoms with Gasteiger partial charge in [0.1, 0.15) is 11.5 Å². The van der Waals surface area contributed by atoms with Gasteiger partial charge in [0.25, 0.3) is 11.8 Å². The maximum Gasteiger partial charge on any atom is 0.276 e. The highest BCUT2D eigenvalue weighted by Gasteiger charge is 2.14. The van der Waals surface area contributed by atoms with E-state index in [2.05, 4.69) is 33.7 Å². The highest BCUT2D eigenvalue weighted by molar-refractivity contribution is 9.10. The first kappa shape index (κ1) is 24.0. The monoisotopic (exact) mass is 496 g/mol. The van der Waals surface area contributed by atoms with Gasteiger partial charge in [-0.15, -0.1) is 0 Å². The molecule has 0 radical (unpaired) electrons. The third-order valence-corrected chi connectivity index (χ3v) is 5.17. The summed E-state index contributed by atoms with van der Waals surface area (Å²) in [6.07, 6.45) is 4.30. The summed E-state index contributed by atoms with van der Waals surface area (Å²) in [5, 5.41) is 0.622. The highest BCUT2D eigenvalue weighted by Crippen LogP contribution is 2.24. The van der Waals surface area contributed by atoms with Gasteiger partial charge in [0, 0.05) is 9.50 Å². The Hall–Kier alpha value is -2.25. The molecule has 6 nitrogen and oxygen atoms in total. The minimum atomic E-state index is -0.493. The Morgan fingerprint density at radius 2 is 1.83 bits per heavy atom. The lowest BCUT2D eigenvalue weighted by atomic mass is 10.2. The molecule has 0 bridgehead atoms. The zero-order valence-corrected chi connectivity index (χ0v) is 19.4. The van der Waals surface area contributed by atoms with Crippen LogP contribution in [0.4, 0.5) is 0 Å². The second-order valence-corrected chi connectivity index (χ2v) is 8.07. The standard InChI is InChI=1S/C22H26BrClN2O4/c1-3-4-5-6-11-29-20-10-7-16(23)13-18(20)22(28)26-25-21(27)14-30-17-8-9-19(24)15(2)12-17/h7-10,12-13H,3-6,11,14H2,1-2H3,(H,25,27)(H,26,28). The van der Waals surface area contributed by atoms with Crippen LogP contribution in [0.3, 0.4) is 0 Å². The molecule has 0 aliphatic carbocycles. The fourth-order valence-electron chi connectivity index (χ4n) is 2.60. The lowest BCUT2D eigenvalue weighted by Gasteiger charge is -2.13. The van der Waals surface area contributed by atoms with Gasteiger partial charge in [-0.05, 0) is 55.3 Å². The first-order valence-electron chi connectivity index (χ1n) is 9.81. The third-order valence-electron chi connectivity index (χ3n) is 4.26. The second kappa shape index (κ2) is 12.4. The summed E-state index contributed by atoms with van der Waals surface area (Å²) in [6.45, 7) is 4.27. The number of unbranched alkanes of at least 4 members (excludes halogenated alkanes) is 3. The number of rotatable bonds is 10. The molecule has 162 valence electrons. The van der Waals surface area contributed by atoms with E-state index < -0.39 is 11.8 Å². The topological polar surface area (TPSA) is 76.7 Å². The van der Waals surface area contributed by atoms with Gasteiger partial charge in [-0.1, -0.05) is 53.7 Å². The average molecular weight is 498 g/mol.